The molecule has 0 radical (unpaired) electrons. The van der Waals surface area contributed by atoms with Crippen LogP contribution < -0.4 is 10.6 Å². The Morgan fingerprint density at radius 3 is 2.75 bits per heavy atom. The summed E-state index contributed by atoms with van der Waals surface area (Å²) in [6.07, 6.45) is 1.94. The van der Waals surface area contributed by atoms with Gasteiger partial charge in [-0.3, -0.25) is 4.40 Å². The first-order chi connectivity index (χ1) is 13.3. The Morgan fingerprint density at radius 2 is 1.93 bits per heavy atom. The first-order valence-electron chi connectivity index (χ1n) is 9.04. The Bertz CT molecular complexity index is 1100. The number of aromatic nitrogens is 3. The predicted octanol–water partition coefficient (Wildman–Crippen LogP) is 3.66. The number of rotatable bonds is 5. The van der Waals surface area contributed by atoms with Crippen LogP contribution in [0.3, 0.4) is 0 Å². The molecule has 3 heterocycles. The number of fused-ring (bicyclic) bond motifs is 2. The molecular formula is C20H23IN6O. The third kappa shape index (κ3) is 4.11. The molecular weight excluding hydrogens is 467 g/mol. The number of pyridine rings is 1. The molecule has 7 nitrogen and oxygen atoms in total. The van der Waals surface area contributed by atoms with Crippen molar-refractivity contribution < 1.29 is 4.42 Å². The fourth-order valence-corrected chi connectivity index (χ4v) is 3.05. The van der Waals surface area contributed by atoms with E-state index in [1.165, 1.54) is 0 Å². The van der Waals surface area contributed by atoms with Crippen LogP contribution in [0.2, 0.25) is 0 Å². The number of benzene rings is 1. The van der Waals surface area contributed by atoms with E-state index in [1.807, 2.05) is 53.9 Å². The molecule has 0 bridgehead atoms. The van der Waals surface area contributed by atoms with Gasteiger partial charge in [0.1, 0.15) is 17.9 Å². The van der Waals surface area contributed by atoms with Crippen LogP contribution in [0.15, 0.2) is 58.1 Å². The molecule has 28 heavy (non-hydrogen) atoms. The zero-order chi connectivity index (χ0) is 18.6. The van der Waals surface area contributed by atoms with E-state index in [0.717, 1.165) is 40.3 Å². The van der Waals surface area contributed by atoms with Crippen molar-refractivity contribution in [2.45, 2.75) is 26.9 Å². The zero-order valence-corrected chi connectivity index (χ0v) is 18.2. The minimum Gasteiger partial charge on any atom is -0.459 e. The van der Waals surface area contributed by atoms with Crippen LogP contribution in [0.25, 0.3) is 16.6 Å². The maximum Gasteiger partial charge on any atom is 0.192 e. The van der Waals surface area contributed by atoms with Gasteiger partial charge in [-0.05, 0) is 32.0 Å². The summed E-state index contributed by atoms with van der Waals surface area (Å²) in [5, 5.41) is 16.1. The SMILES string of the molecule is CCNC(=NCc1nnc2ccccn12)NCc1oc2ccccc2c1C.I. The van der Waals surface area contributed by atoms with E-state index < -0.39 is 0 Å². The molecule has 0 saturated heterocycles. The summed E-state index contributed by atoms with van der Waals surface area (Å²) in [5.74, 6) is 2.42. The zero-order valence-electron chi connectivity index (χ0n) is 15.8. The van der Waals surface area contributed by atoms with Crippen molar-refractivity contribution in [1.82, 2.24) is 25.2 Å². The first-order valence-corrected chi connectivity index (χ1v) is 9.04. The lowest BCUT2D eigenvalue weighted by atomic mass is 10.1. The molecule has 3 aromatic heterocycles. The molecule has 0 spiro atoms. The molecule has 4 rings (SSSR count). The number of hydrogen-bond acceptors (Lipinski definition) is 4. The molecule has 4 aromatic rings. The lowest BCUT2D eigenvalue weighted by Gasteiger charge is -2.10. The van der Waals surface area contributed by atoms with Gasteiger partial charge in [-0.25, -0.2) is 4.99 Å². The van der Waals surface area contributed by atoms with Gasteiger partial charge in [-0.15, -0.1) is 34.2 Å². The van der Waals surface area contributed by atoms with E-state index in [2.05, 4.69) is 38.8 Å². The number of furan rings is 1. The van der Waals surface area contributed by atoms with Gasteiger partial charge in [0, 0.05) is 23.7 Å². The maximum atomic E-state index is 5.96. The van der Waals surface area contributed by atoms with E-state index in [9.17, 15) is 0 Å². The van der Waals surface area contributed by atoms with E-state index >= 15 is 0 Å². The largest absolute Gasteiger partial charge is 0.459 e. The van der Waals surface area contributed by atoms with Crippen LogP contribution in [0.4, 0.5) is 0 Å². The number of guanidine groups is 1. The van der Waals surface area contributed by atoms with Crippen LogP contribution in [0.1, 0.15) is 24.1 Å². The maximum absolute atomic E-state index is 5.96. The smallest absolute Gasteiger partial charge is 0.192 e. The van der Waals surface area contributed by atoms with Crippen LogP contribution in [-0.4, -0.2) is 27.1 Å². The Kier molecular flexibility index (Phi) is 6.50. The third-order valence-corrected chi connectivity index (χ3v) is 4.47. The highest BCUT2D eigenvalue weighted by Gasteiger charge is 2.10. The number of nitrogens with zero attached hydrogens (tertiary/aromatic N) is 4. The molecule has 0 aliphatic carbocycles. The summed E-state index contributed by atoms with van der Waals surface area (Å²) >= 11 is 0. The number of aryl methyl sites for hydroxylation is 1. The molecule has 0 saturated carbocycles. The van der Waals surface area contributed by atoms with E-state index in [0.29, 0.717) is 19.0 Å². The molecule has 0 aliphatic heterocycles. The van der Waals surface area contributed by atoms with Crippen molar-refractivity contribution in [2.75, 3.05) is 6.54 Å². The summed E-state index contributed by atoms with van der Waals surface area (Å²) in [7, 11) is 0. The molecule has 146 valence electrons. The van der Waals surface area contributed by atoms with Crippen LogP contribution >= 0.6 is 24.0 Å². The van der Waals surface area contributed by atoms with Gasteiger partial charge in [0.05, 0.1) is 6.54 Å². The van der Waals surface area contributed by atoms with E-state index in [1.54, 1.807) is 0 Å². The quantitative estimate of drug-likeness (QED) is 0.254. The van der Waals surface area contributed by atoms with Crippen molar-refractivity contribution in [2.24, 2.45) is 4.99 Å². The minimum absolute atomic E-state index is 0. The molecule has 2 N–H and O–H groups in total. The van der Waals surface area contributed by atoms with Gasteiger partial charge in [0.2, 0.25) is 0 Å². The van der Waals surface area contributed by atoms with Gasteiger partial charge in [0.15, 0.2) is 17.4 Å². The second kappa shape index (κ2) is 9.05. The van der Waals surface area contributed by atoms with Gasteiger partial charge >= 0.3 is 0 Å². The highest BCUT2D eigenvalue weighted by atomic mass is 127. The molecule has 8 heteroatoms. The molecule has 0 amide bonds. The van der Waals surface area contributed by atoms with Gasteiger partial charge in [-0.2, -0.15) is 0 Å². The van der Waals surface area contributed by atoms with E-state index in [4.69, 9.17) is 4.42 Å². The highest BCUT2D eigenvalue weighted by molar-refractivity contribution is 14.0. The Labute approximate surface area is 180 Å². The van der Waals surface area contributed by atoms with Gasteiger partial charge in [-0.1, -0.05) is 24.3 Å². The second-order valence-electron chi connectivity index (χ2n) is 6.24. The molecule has 1 aromatic carbocycles. The first kappa shape index (κ1) is 20.1. The molecule has 0 atom stereocenters. The van der Waals surface area contributed by atoms with Crippen LogP contribution in [0.5, 0.6) is 0 Å². The summed E-state index contributed by atoms with van der Waals surface area (Å²) in [5.41, 5.74) is 2.87. The normalized spacial score (nSPS) is 11.6. The number of aliphatic imine (C=N–C) groups is 1. The molecule has 0 fully saturated rings. The predicted molar refractivity (Wildman–Crippen MR) is 121 cm³/mol. The van der Waals surface area contributed by atoms with E-state index in [-0.39, 0.29) is 24.0 Å². The lowest BCUT2D eigenvalue weighted by Crippen LogP contribution is -2.36. The summed E-state index contributed by atoms with van der Waals surface area (Å²) in [6.45, 7) is 5.88. The molecule has 0 aliphatic rings. The second-order valence-corrected chi connectivity index (χ2v) is 6.24. The van der Waals surface area contributed by atoms with Crippen molar-refractivity contribution in [3.8, 4) is 0 Å². The summed E-state index contributed by atoms with van der Waals surface area (Å²) in [6, 6.07) is 13.9. The average Bonchev–Trinajstić information content (AvgIpc) is 3.25. The fourth-order valence-electron chi connectivity index (χ4n) is 3.05. The highest BCUT2D eigenvalue weighted by Crippen LogP contribution is 2.24. The van der Waals surface area contributed by atoms with Crippen molar-refractivity contribution >= 4 is 46.6 Å². The third-order valence-electron chi connectivity index (χ3n) is 4.47. The monoisotopic (exact) mass is 490 g/mol. The van der Waals surface area contributed by atoms with Crippen molar-refractivity contribution in [3.05, 3.63) is 65.8 Å². The summed E-state index contributed by atoms with van der Waals surface area (Å²) in [4.78, 5) is 4.63. The topological polar surface area (TPSA) is 79.8 Å². The van der Waals surface area contributed by atoms with Crippen LogP contribution in [0, 0.1) is 6.92 Å². The van der Waals surface area contributed by atoms with Gasteiger partial charge < -0.3 is 15.1 Å². The Balaban J connectivity index is 0.00000225. The van der Waals surface area contributed by atoms with Gasteiger partial charge in [0.25, 0.3) is 0 Å². The standard InChI is InChI=1S/C20H22N6O.HI/c1-3-21-20(23-13-19-25-24-18-10-6-7-11-26(18)19)22-12-17-14(2)15-8-4-5-9-16(15)27-17;/h4-11H,3,12-13H2,1-2H3,(H2,21,22,23);1H. The fraction of sp³-hybridized carbons (Fsp3) is 0.250. The Hall–Kier alpha value is -2.62. The minimum atomic E-state index is 0. The Morgan fingerprint density at radius 1 is 1.11 bits per heavy atom. The molecule has 0 unspecified atom stereocenters. The van der Waals surface area contributed by atoms with Crippen molar-refractivity contribution in [3.63, 3.8) is 0 Å². The number of hydrogen-bond donors (Lipinski definition) is 2. The number of para-hydroxylation sites is 1. The van der Waals surface area contributed by atoms with Crippen molar-refractivity contribution in [1.29, 1.82) is 0 Å². The average molecular weight is 490 g/mol. The number of nitrogens with one attached hydrogen (secondary N) is 2. The lowest BCUT2D eigenvalue weighted by molar-refractivity contribution is 0.534. The number of halogens is 1. The van der Waals surface area contributed by atoms with Crippen LogP contribution in [-0.2, 0) is 13.1 Å². The summed E-state index contributed by atoms with van der Waals surface area (Å²) < 4.78 is 7.90.